The highest BCUT2D eigenvalue weighted by atomic mass is 35.5. The molecule has 1 fully saturated rings. The summed E-state index contributed by atoms with van der Waals surface area (Å²) in [7, 11) is 0. The molecule has 0 aromatic carbocycles. The van der Waals surface area contributed by atoms with Crippen molar-refractivity contribution in [2.75, 3.05) is 12.4 Å². The molecule has 0 aromatic heterocycles. The second kappa shape index (κ2) is 6.61. The number of nitrogens with zero attached hydrogens (tertiary/aromatic N) is 2. The summed E-state index contributed by atoms with van der Waals surface area (Å²) in [5.74, 6) is -2.15. The number of rotatable bonds is 4. The minimum absolute atomic E-state index is 0.0432. The molecule has 0 saturated heterocycles. The number of hydrogen-bond acceptors (Lipinski definition) is 3. The summed E-state index contributed by atoms with van der Waals surface area (Å²) < 4.78 is 14.2. The topological polar surface area (TPSA) is 61.8 Å². The monoisotopic (exact) mass is 235 g/mol. The number of alkyl halides is 1. The van der Waals surface area contributed by atoms with Gasteiger partial charge in [-0.1, -0.05) is 19.3 Å². The van der Waals surface area contributed by atoms with Crippen molar-refractivity contribution in [3.05, 3.63) is 4.91 Å². The van der Waals surface area contributed by atoms with Crippen LogP contribution in [0.1, 0.15) is 34.8 Å². The van der Waals surface area contributed by atoms with Crippen LogP contribution in [0.15, 0.2) is 5.29 Å². The molecule has 6 heteroatoms. The van der Waals surface area contributed by atoms with Gasteiger partial charge in [0.25, 0.3) is 0 Å². The number of urea groups is 1. The molecule has 0 atom stereocenters. The first-order valence-electron chi connectivity index (χ1n) is 6.02. The predicted molar refractivity (Wildman–Crippen MR) is 58.6 cm³/mol. The second-order valence-electron chi connectivity index (χ2n) is 3.56. The summed E-state index contributed by atoms with van der Waals surface area (Å²) >= 11 is 5.31. The van der Waals surface area contributed by atoms with E-state index in [4.69, 9.17) is 14.3 Å². The molecule has 2 amide bonds. The van der Waals surface area contributed by atoms with E-state index < -0.39 is 18.4 Å². The standard InChI is InChI=1S/C9H16ClN3O2/c10-6-7-13(12-15)9(14)11-8-4-2-1-3-5-8/h8H,1-7H2,(H,11,14)/i6D2. The maximum absolute atomic E-state index is 11.6. The van der Waals surface area contributed by atoms with E-state index >= 15 is 0 Å². The van der Waals surface area contributed by atoms with Gasteiger partial charge in [0, 0.05) is 14.6 Å². The van der Waals surface area contributed by atoms with Crippen LogP contribution < -0.4 is 5.32 Å². The number of carbonyl (C=O) groups is 1. The van der Waals surface area contributed by atoms with Gasteiger partial charge in [-0.3, -0.25) is 0 Å². The van der Waals surface area contributed by atoms with Crippen molar-refractivity contribution >= 4 is 17.6 Å². The zero-order valence-electron chi connectivity index (χ0n) is 10.4. The van der Waals surface area contributed by atoms with Gasteiger partial charge in [0.2, 0.25) is 0 Å². The highest BCUT2D eigenvalue weighted by Gasteiger charge is 2.19. The predicted octanol–water partition coefficient (Wildman–Crippen LogP) is 2.25. The Morgan fingerprint density at radius 2 is 2.20 bits per heavy atom. The number of amides is 2. The molecule has 0 unspecified atom stereocenters. The molecule has 0 spiro atoms. The Balaban J connectivity index is 2.45. The Kier molecular flexibility index (Phi) is 4.14. The minimum atomic E-state index is -2.15. The summed E-state index contributed by atoms with van der Waals surface area (Å²) in [6, 6.07) is -0.641. The third kappa shape index (κ3) is 4.03. The Bertz CT molecular complexity index is 280. The van der Waals surface area contributed by atoms with Gasteiger partial charge in [0.1, 0.15) is 0 Å². The van der Waals surface area contributed by atoms with Crippen LogP contribution in [-0.4, -0.2) is 29.5 Å². The van der Waals surface area contributed by atoms with Gasteiger partial charge < -0.3 is 5.32 Å². The highest BCUT2D eigenvalue weighted by molar-refractivity contribution is 6.18. The summed E-state index contributed by atoms with van der Waals surface area (Å²) in [5.41, 5.74) is 0. The Labute approximate surface area is 96.9 Å². The Morgan fingerprint density at radius 1 is 1.53 bits per heavy atom. The van der Waals surface area contributed by atoms with Crippen LogP contribution in [0.5, 0.6) is 0 Å². The molecular formula is C9H16ClN3O2. The van der Waals surface area contributed by atoms with Gasteiger partial charge in [0.15, 0.2) is 0 Å². The van der Waals surface area contributed by atoms with Crippen LogP contribution in [0, 0.1) is 4.91 Å². The molecule has 1 N–H and O–H groups in total. The summed E-state index contributed by atoms with van der Waals surface area (Å²) in [5, 5.41) is 5.63. The van der Waals surface area contributed by atoms with E-state index in [-0.39, 0.29) is 6.04 Å². The van der Waals surface area contributed by atoms with E-state index in [0.29, 0.717) is 5.01 Å². The lowest BCUT2D eigenvalue weighted by Gasteiger charge is -2.24. The molecular weight excluding hydrogens is 218 g/mol. The lowest BCUT2D eigenvalue weighted by atomic mass is 9.96. The average Bonchev–Trinajstić information content (AvgIpc) is 2.26. The lowest BCUT2D eigenvalue weighted by Crippen LogP contribution is -2.43. The first-order valence-corrected chi connectivity index (χ1v) is 5.40. The average molecular weight is 236 g/mol. The molecule has 5 nitrogen and oxygen atoms in total. The molecule has 0 heterocycles. The van der Waals surface area contributed by atoms with Crippen molar-refractivity contribution in [2.45, 2.75) is 38.1 Å². The van der Waals surface area contributed by atoms with Crippen LogP contribution in [0.3, 0.4) is 0 Å². The van der Waals surface area contributed by atoms with Gasteiger partial charge in [-0.05, 0) is 12.8 Å². The molecule has 1 saturated carbocycles. The van der Waals surface area contributed by atoms with E-state index in [0.717, 1.165) is 32.1 Å². The van der Waals surface area contributed by atoms with E-state index in [2.05, 4.69) is 10.6 Å². The van der Waals surface area contributed by atoms with Crippen molar-refractivity contribution in [1.82, 2.24) is 10.3 Å². The summed E-state index contributed by atoms with van der Waals surface area (Å²) in [4.78, 5) is 22.1. The molecule has 86 valence electrons. The lowest BCUT2D eigenvalue weighted by molar-refractivity contribution is 0.194. The van der Waals surface area contributed by atoms with Gasteiger partial charge in [-0.2, -0.15) is 5.01 Å². The molecule has 0 aliphatic heterocycles. The SMILES string of the molecule is [2H]C([2H])(Cl)CN(N=O)C(=O)NC1CCCCC1. The number of nitroso groups, excluding NO2 is 1. The first kappa shape index (κ1) is 9.39. The fourth-order valence-electron chi connectivity index (χ4n) is 1.69. The van der Waals surface area contributed by atoms with Gasteiger partial charge in [-0.25, -0.2) is 4.79 Å². The molecule has 0 aromatic rings. The highest BCUT2D eigenvalue weighted by Crippen LogP contribution is 2.17. The molecule has 1 aliphatic carbocycles. The number of carbonyl (C=O) groups excluding carboxylic acids is 1. The zero-order valence-corrected chi connectivity index (χ0v) is 9.16. The third-order valence-electron chi connectivity index (χ3n) is 2.48. The van der Waals surface area contributed by atoms with E-state index in [9.17, 15) is 9.70 Å². The van der Waals surface area contributed by atoms with Crippen LogP contribution in [-0.2, 0) is 0 Å². The van der Waals surface area contributed by atoms with Crippen molar-refractivity contribution in [3.8, 4) is 0 Å². The smallest absolute Gasteiger partial charge is 0.334 e. The second-order valence-corrected chi connectivity index (χ2v) is 3.82. The summed E-state index contributed by atoms with van der Waals surface area (Å²) in [6.45, 7) is -0.559. The quantitative estimate of drug-likeness (QED) is 0.462. The third-order valence-corrected chi connectivity index (χ3v) is 2.59. The number of halogens is 1. The number of nitrogens with one attached hydrogen (secondary N) is 1. The Morgan fingerprint density at radius 3 is 2.73 bits per heavy atom. The maximum atomic E-state index is 11.6. The largest absolute Gasteiger partial charge is 0.340 e. The van der Waals surface area contributed by atoms with Crippen molar-refractivity contribution < 1.29 is 7.54 Å². The zero-order chi connectivity index (χ0) is 12.9. The maximum Gasteiger partial charge on any atom is 0.340 e. The van der Waals surface area contributed by atoms with Crippen molar-refractivity contribution in [1.29, 1.82) is 0 Å². The number of hydrogen-bond donors (Lipinski definition) is 1. The normalized spacial score (nSPS) is 20.1. The van der Waals surface area contributed by atoms with E-state index in [1.165, 1.54) is 0 Å². The van der Waals surface area contributed by atoms with Gasteiger partial charge in [-0.15, -0.1) is 16.5 Å². The van der Waals surface area contributed by atoms with Gasteiger partial charge >= 0.3 is 6.03 Å². The summed E-state index contributed by atoms with van der Waals surface area (Å²) in [6.07, 6.45) is 5.02. The van der Waals surface area contributed by atoms with Crippen LogP contribution >= 0.6 is 11.6 Å². The fraction of sp³-hybridized carbons (Fsp3) is 0.889. The van der Waals surface area contributed by atoms with Crippen molar-refractivity contribution in [2.24, 2.45) is 5.29 Å². The fourth-order valence-corrected chi connectivity index (χ4v) is 1.80. The van der Waals surface area contributed by atoms with Crippen molar-refractivity contribution in [3.63, 3.8) is 0 Å². The Hall–Kier alpha value is -0.840. The van der Waals surface area contributed by atoms with Gasteiger partial charge in [0.05, 0.1) is 11.8 Å². The molecule has 0 bridgehead atoms. The molecule has 1 rings (SSSR count). The molecule has 0 radical (unpaired) electrons. The molecule has 15 heavy (non-hydrogen) atoms. The minimum Gasteiger partial charge on any atom is -0.334 e. The van der Waals surface area contributed by atoms with E-state index in [1.54, 1.807) is 0 Å². The van der Waals surface area contributed by atoms with E-state index in [1.807, 2.05) is 0 Å². The first-order chi connectivity index (χ1) is 7.92. The van der Waals surface area contributed by atoms with Crippen LogP contribution in [0.25, 0.3) is 0 Å². The van der Waals surface area contributed by atoms with Crippen LogP contribution in [0.4, 0.5) is 4.79 Å². The van der Waals surface area contributed by atoms with Crippen LogP contribution in [0.2, 0.25) is 0 Å². The molecule has 1 aliphatic rings.